The Hall–Kier alpha value is -1.35. The zero-order valence-electron chi connectivity index (χ0n) is 15.1. The molecule has 1 aliphatic carbocycles. The van der Waals surface area contributed by atoms with Gasteiger partial charge in [0.1, 0.15) is 0 Å². The maximum atomic E-state index is 11.9. The minimum atomic E-state index is -3.29. The van der Waals surface area contributed by atoms with Crippen molar-refractivity contribution in [2.45, 2.75) is 45.6 Å². The first-order valence-corrected chi connectivity index (χ1v) is 9.99. The van der Waals surface area contributed by atoms with E-state index in [0.29, 0.717) is 18.4 Å². The lowest BCUT2D eigenvalue weighted by Crippen LogP contribution is -2.48. The predicted octanol–water partition coefficient (Wildman–Crippen LogP) is -0.214. The van der Waals surface area contributed by atoms with E-state index in [9.17, 15) is 13.2 Å². The molecule has 0 bridgehead atoms. The van der Waals surface area contributed by atoms with Gasteiger partial charge in [-0.25, -0.2) is 13.1 Å². The second kappa shape index (κ2) is 9.22. The fourth-order valence-electron chi connectivity index (χ4n) is 2.16. The summed E-state index contributed by atoms with van der Waals surface area (Å²) in [5.74, 6) is 0.700. The molecule has 140 valence electrons. The van der Waals surface area contributed by atoms with Crippen LogP contribution in [0.5, 0.6) is 0 Å². The lowest BCUT2D eigenvalue weighted by atomic mass is 9.86. The number of rotatable bonds is 8. The number of nitrogens with one attached hydrogen (secondary N) is 4. The van der Waals surface area contributed by atoms with Crippen LogP contribution >= 0.6 is 0 Å². The molecule has 1 fully saturated rings. The van der Waals surface area contributed by atoms with Gasteiger partial charge in [-0.15, -0.1) is 0 Å². The average Bonchev–Trinajstić information content (AvgIpc) is 2.38. The molecule has 8 nitrogen and oxygen atoms in total. The van der Waals surface area contributed by atoms with Crippen molar-refractivity contribution in [3.05, 3.63) is 0 Å². The van der Waals surface area contributed by atoms with Crippen LogP contribution in [0.1, 0.15) is 40.0 Å². The van der Waals surface area contributed by atoms with Gasteiger partial charge in [-0.2, -0.15) is 0 Å². The average molecular weight is 362 g/mol. The zero-order chi connectivity index (χ0) is 18.2. The summed E-state index contributed by atoms with van der Waals surface area (Å²) in [5.41, 5.74) is -0.296. The SMILES string of the molecule is CN=C(NCCS(=O)(=O)NCC1CCC1)NCC(=O)NC(C)(C)C. The van der Waals surface area contributed by atoms with Crippen LogP contribution in [0.25, 0.3) is 0 Å². The molecule has 0 aliphatic heterocycles. The summed E-state index contributed by atoms with van der Waals surface area (Å²) in [6, 6.07) is 0. The Morgan fingerprint density at radius 2 is 1.88 bits per heavy atom. The van der Waals surface area contributed by atoms with E-state index in [1.807, 2.05) is 20.8 Å². The summed E-state index contributed by atoms with van der Waals surface area (Å²) in [5, 5.41) is 8.58. The first kappa shape index (κ1) is 20.7. The highest BCUT2D eigenvalue weighted by Crippen LogP contribution is 2.25. The maximum Gasteiger partial charge on any atom is 0.239 e. The number of nitrogens with zero attached hydrogens (tertiary/aromatic N) is 1. The molecule has 0 aromatic rings. The summed E-state index contributed by atoms with van der Waals surface area (Å²) < 4.78 is 26.4. The van der Waals surface area contributed by atoms with Crippen LogP contribution in [0.15, 0.2) is 4.99 Å². The molecule has 1 aliphatic rings. The Kier molecular flexibility index (Phi) is 7.95. The number of hydrogen-bond donors (Lipinski definition) is 4. The van der Waals surface area contributed by atoms with Gasteiger partial charge >= 0.3 is 0 Å². The second-order valence-electron chi connectivity index (χ2n) is 7.11. The first-order chi connectivity index (χ1) is 11.1. The lowest BCUT2D eigenvalue weighted by Gasteiger charge is -2.25. The van der Waals surface area contributed by atoms with Crippen molar-refractivity contribution in [2.24, 2.45) is 10.9 Å². The van der Waals surface area contributed by atoms with Crippen molar-refractivity contribution >= 4 is 21.9 Å². The number of amides is 1. The molecule has 0 heterocycles. The Balaban J connectivity index is 2.24. The van der Waals surface area contributed by atoms with Crippen molar-refractivity contribution in [3.8, 4) is 0 Å². The molecule has 0 atom stereocenters. The fourth-order valence-corrected chi connectivity index (χ4v) is 3.17. The molecule has 0 saturated heterocycles. The molecule has 9 heteroatoms. The van der Waals surface area contributed by atoms with E-state index in [1.54, 1.807) is 7.05 Å². The van der Waals surface area contributed by atoms with Crippen molar-refractivity contribution in [1.82, 2.24) is 20.7 Å². The molecular weight excluding hydrogens is 330 g/mol. The summed E-state index contributed by atoms with van der Waals surface area (Å²) in [6.07, 6.45) is 3.40. The van der Waals surface area contributed by atoms with E-state index in [2.05, 4.69) is 25.7 Å². The summed E-state index contributed by atoms with van der Waals surface area (Å²) in [4.78, 5) is 15.7. The molecule has 1 amide bonds. The van der Waals surface area contributed by atoms with Crippen LogP contribution in [-0.2, 0) is 14.8 Å². The number of aliphatic imine (C=N–C) groups is 1. The largest absolute Gasteiger partial charge is 0.355 e. The third-order valence-electron chi connectivity index (χ3n) is 3.63. The highest BCUT2D eigenvalue weighted by atomic mass is 32.2. The summed E-state index contributed by atoms with van der Waals surface area (Å²) in [7, 11) is -1.72. The molecule has 24 heavy (non-hydrogen) atoms. The smallest absolute Gasteiger partial charge is 0.239 e. The van der Waals surface area contributed by atoms with Crippen LogP contribution in [0, 0.1) is 5.92 Å². The lowest BCUT2D eigenvalue weighted by molar-refractivity contribution is -0.121. The highest BCUT2D eigenvalue weighted by molar-refractivity contribution is 7.89. The number of carbonyl (C=O) groups excluding carboxylic acids is 1. The van der Waals surface area contributed by atoms with E-state index in [1.165, 1.54) is 6.42 Å². The third kappa shape index (κ3) is 9.07. The number of guanidine groups is 1. The quantitative estimate of drug-likeness (QED) is 0.353. The second-order valence-corrected chi connectivity index (χ2v) is 9.04. The van der Waals surface area contributed by atoms with E-state index < -0.39 is 10.0 Å². The van der Waals surface area contributed by atoms with Gasteiger partial charge in [-0.3, -0.25) is 9.79 Å². The molecule has 0 aromatic heterocycles. The molecule has 4 N–H and O–H groups in total. The van der Waals surface area contributed by atoms with Crippen LogP contribution in [0.2, 0.25) is 0 Å². The Morgan fingerprint density at radius 1 is 1.21 bits per heavy atom. The van der Waals surface area contributed by atoms with E-state index in [4.69, 9.17) is 0 Å². The van der Waals surface area contributed by atoms with Gasteiger partial charge in [0.05, 0.1) is 12.3 Å². The molecular formula is C15H31N5O3S. The number of hydrogen-bond acceptors (Lipinski definition) is 4. The van der Waals surface area contributed by atoms with Crippen LogP contribution in [-0.4, -0.2) is 58.3 Å². The molecule has 0 unspecified atom stereocenters. The van der Waals surface area contributed by atoms with Gasteiger partial charge in [0.2, 0.25) is 15.9 Å². The summed E-state index contributed by atoms with van der Waals surface area (Å²) in [6.45, 7) is 6.53. The maximum absolute atomic E-state index is 11.9. The molecule has 0 spiro atoms. The Labute approximate surface area is 145 Å². The monoisotopic (exact) mass is 361 g/mol. The Morgan fingerprint density at radius 3 is 2.38 bits per heavy atom. The minimum Gasteiger partial charge on any atom is -0.355 e. The zero-order valence-corrected chi connectivity index (χ0v) is 15.9. The van der Waals surface area contributed by atoms with E-state index in [-0.39, 0.29) is 30.3 Å². The van der Waals surface area contributed by atoms with Gasteiger partial charge < -0.3 is 16.0 Å². The van der Waals surface area contributed by atoms with E-state index in [0.717, 1.165) is 12.8 Å². The number of carbonyl (C=O) groups is 1. The van der Waals surface area contributed by atoms with Crippen LogP contribution < -0.4 is 20.7 Å². The first-order valence-electron chi connectivity index (χ1n) is 8.34. The minimum absolute atomic E-state index is 0.0331. The molecule has 0 radical (unpaired) electrons. The Bertz CT molecular complexity index is 536. The van der Waals surface area contributed by atoms with Crippen molar-refractivity contribution in [2.75, 3.05) is 32.4 Å². The van der Waals surface area contributed by atoms with Crippen molar-refractivity contribution < 1.29 is 13.2 Å². The molecule has 0 aromatic carbocycles. The van der Waals surface area contributed by atoms with Gasteiger partial charge in [0.15, 0.2) is 5.96 Å². The van der Waals surface area contributed by atoms with Crippen molar-refractivity contribution in [1.29, 1.82) is 0 Å². The van der Waals surface area contributed by atoms with Crippen LogP contribution in [0.4, 0.5) is 0 Å². The fraction of sp³-hybridized carbons (Fsp3) is 0.867. The van der Waals surface area contributed by atoms with E-state index >= 15 is 0 Å². The van der Waals surface area contributed by atoms with Gasteiger partial charge in [0.25, 0.3) is 0 Å². The normalized spacial score (nSPS) is 16.4. The van der Waals surface area contributed by atoms with Crippen molar-refractivity contribution in [3.63, 3.8) is 0 Å². The van der Waals surface area contributed by atoms with Gasteiger partial charge in [-0.1, -0.05) is 6.42 Å². The molecule has 1 rings (SSSR count). The highest BCUT2D eigenvalue weighted by Gasteiger charge is 2.20. The standard InChI is InChI=1S/C15H31N5O3S/c1-15(2,3)20-13(21)11-18-14(16-4)17-8-9-24(22,23)19-10-12-6-5-7-12/h12,19H,5-11H2,1-4H3,(H,20,21)(H2,16,17,18). The topological polar surface area (TPSA) is 112 Å². The van der Waals surface area contributed by atoms with Gasteiger partial charge in [-0.05, 0) is 39.5 Å². The predicted molar refractivity (Wildman–Crippen MR) is 96.4 cm³/mol. The van der Waals surface area contributed by atoms with Crippen LogP contribution in [0.3, 0.4) is 0 Å². The number of sulfonamides is 1. The van der Waals surface area contributed by atoms with Gasteiger partial charge in [0, 0.05) is 25.7 Å². The summed E-state index contributed by atoms with van der Waals surface area (Å²) >= 11 is 0. The molecule has 1 saturated carbocycles. The third-order valence-corrected chi connectivity index (χ3v) is 4.98.